The molecule has 0 atom stereocenters. The highest BCUT2D eigenvalue weighted by Gasteiger charge is 2.22. The van der Waals surface area contributed by atoms with E-state index in [4.69, 9.17) is 10.7 Å². The summed E-state index contributed by atoms with van der Waals surface area (Å²) in [6.45, 7) is 0. The zero-order valence-electron chi connectivity index (χ0n) is 9.78. The molecule has 0 saturated carbocycles. The van der Waals surface area contributed by atoms with Gasteiger partial charge in [-0.05, 0) is 23.8 Å². The van der Waals surface area contributed by atoms with E-state index in [2.05, 4.69) is 15.9 Å². The normalized spacial score (nSPS) is 12.5. The van der Waals surface area contributed by atoms with Crippen LogP contribution >= 0.6 is 37.9 Å². The molecule has 0 aliphatic heterocycles. The highest BCUT2D eigenvalue weighted by atomic mass is 79.9. The first-order valence-electron chi connectivity index (χ1n) is 5.18. The molecule has 1 aromatic carbocycles. The minimum Gasteiger partial charge on any atom is -0.218 e. The lowest BCUT2D eigenvalue weighted by atomic mass is 10.2. The van der Waals surface area contributed by atoms with Crippen LogP contribution in [0.1, 0.15) is 5.56 Å². The molecular weight excluding hydrogens is 408 g/mol. The van der Waals surface area contributed by atoms with E-state index in [1.54, 1.807) is 12.1 Å². The van der Waals surface area contributed by atoms with Crippen LogP contribution in [0, 0.1) is 0 Å². The minimum absolute atomic E-state index is 0.0756. The van der Waals surface area contributed by atoms with Gasteiger partial charge in [-0.3, -0.25) is 0 Å². The van der Waals surface area contributed by atoms with E-state index in [1.807, 2.05) is 0 Å². The van der Waals surface area contributed by atoms with Gasteiger partial charge in [0.15, 0.2) is 0 Å². The van der Waals surface area contributed by atoms with Crippen LogP contribution in [0.15, 0.2) is 49.7 Å². The summed E-state index contributed by atoms with van der Waals surface area (Å²) in [6.07, 6.45) is 0. The lowest BCUT2D eigenvalue weighted by molar-refractivity contribution is 0.596. The number of rotatable bonds is 4. The van der Waals surface area contributed by atoms with Gasteiger partial charge in [-0.2, -0.15) is 0 Å². The number of hydrogen-bond donors (Lipinski definition) is 0. The standard InChI is InChI=1S/C11H8BrClO4S3/c12-6-8-1-3-9(4-2-8)19(14,15)10-5-11(18-7-10)20(13,16)17/h1-5,7H,6H2. The molecule has 0 aliphatic rings. The average Bonchev–Trinajstić information content (AvgIpc) is 2.89. The first kappa shape index (κ1) is 16.0. The molecule has 0 fully saturated rings. The van der Waals surface area contributed by atoms with Gasteiger partial charge in [0.25, 0.3) is 9.05 Å². The summed E-state index contributed by atoms with van der Waals surface area (Å²) in [5.41, 5.74) is 0.943. The van der Waals surface area contributed by atoms with Gasteiger partial charge >= 0.3 is 0 Å². The van der Waals surface area contributed by atoms with Gasteiger partial charge in [0.05, 0.1) is 9.79 Å². The molecule has 2 aromatic rings. The second kappa shape index (κ2) is 5.76. The van der Waals surface area contributed by atoms with Crippen molar-refractivity contribution in [3.05, 3.63) is 41.3 Å². The van der Waals surface area contributed by atoms with Crippen molar-refractivity contribution < 1.29 is 16.8 Å². The lowest BCUT2D eigenvalue weighted by Crippen LogP contribution is -2.00. The predicted molar refractivity (Wildman–Crippen MR) is 81.9 cm³/mol. The number of sulfone groups is 1. The largest absolute Gasteiger partial charge is 0.270 e. The van der Waals surface area contributed by atoms with Crippen LogP contribution in [0.4, 0.5) is 0 Å². The zero-order valence-corrected chi connectivity index (χ0v) is 14.6. The molecule has 0 unspecified atom stereocenters. The molecule has 20 heavy (non-hydrogen) atoms. The molecule has 0 bridgehead atoms. The third kappa shape index (κ3) is 3.25. The highest BCUT2D eigenvalue weighted by Crippen LogP contribution is 2.30. The summed E-state index contributed by atoms with van der Waals surface area (Å²) in [5.74, 6) is 0. The Bertz CT molecular complexity index is 823. The SMILES string of the molecule is O=S(=O)(Cl)c1cc(S(=O)(=O)c2ccc(CBr)cc2)cs1. The first-order chi connectivity index (χ1) is 9.25. The fourth-order valence-electron chi connectivity index (χ4n) is 1.46. The molecule has 0 N–H and O–H groups in total. The first-order valence-corrected chi connectivity index (χ1v) is 11.0. The van der Waals surface area contributed by atoms with E-state index in [-0.39, 0.29) is 14.0 Å². The summed E-state index contributed by atoms with van der Waals surface area (Å²) >= 11 is 4.05. The molecule has 0 spiro atoms. The Hall–Kier alpha value is -0.410. The van der Waals surface area contributed by atoms with E-state index in [9.17, 15) is 16.8 Å². The van der Waals surface area contributed by atoms with Crippen LogP contribution in [-0.2, 0) is 24.2 Å². The molecular formula is C11H8BrClO4S3. The van der Waals surface area contributed by atoms with E-state index >= 15 is 0 Å². The molecule has 108 valence electrons. The Morgan fingerprint density at radius 3 is 2.10 bits per heavy atom. The Morgan fingerprint density at radius 2 is 1.65 bits per heavy atom. The molecule has 9 heteroatoms. The second-order valence-corrected chi connectivity index (χ2v) is 10.0. The number of benzene rings is 1. The summed E-state index contributed by atoms with van der Waals surface area (Å²) in [5, 5.41) is 1.89. The van der Waals surface area contributed by atoms with Crippen LogP contribution in [-0.4, -0.2) is 16.8 Å². The van der Waals surface area contributed by atoms with Crippen LogP contribution in [0.3, 0.4) is 0 Å². The van der Waals surface area contributed by atoms with Crippen LogP contribution in [0.2, 0.25) is 0 Å². The van der Waals surface area contributed by atoms with Crippen molar-refractivity contribution in [1.29, 1.82) is 0 Å². The quantitative estimate of drug-likeness (QED) is 0.567. The molecule has 0 amide bonds. The third-order valence-corrected chi connectivity index (χ3v) is 8.08. The number of hydrogen-bond acceptors (Lipinski definition) is 5. The van der Waals surface area contributed by atoms with E-state index in [0.717, 1.165) is 23.0 Å². The van der Waals surface area contributed by atoms with Gasteiger partial charge in [-0.1, -0.05) is 28.1 Å². The molecule has 4 nitrogen and oxygen atoms in total. The third-order valence-electron chi connectivity index (χ3n) is 2.49. The van der Waals surface area contributed by atoms with Gasteiger partial charge in [0.2, 0.25) is 9.84 Å². The summed E-state index contributed by atoms with van der Waals surface area (Å²) in [7, 11) is -2.46. The number of thiophene rings is 1. The maximum Gasteiger partial charge on any atom is 0.270 e. The summed E-state index contributed by atoms with van der Waals surface area (Å²) in [4.78, 5) is 0.0341. The maximum atomic E-state index is 12.3. The van der Waals surface area contributed by atoms with Crippen molar-refractivity contribution in [2.24, 2.45) is 0 Å². The number of alkyl halides is 1. The molecule has 2 rings (SSSR count). The Kier molecular flexibility index (Phi) is 4.60. The molecule has 1 heterocycles. The van der Waals surface area contributed by atoms with Crippen molar-refractivity contribution in [2.45, 2.75) is 19.3 Å². The number of halogens is 2. The second-order valence-electron chi connectivity index (χ2n) is 3.82. The van der Waals surface area contributed by atoms with Crippen molar-refractivity contribution in [2.75, 3.05) is 0 Å². The molecule has 1 aromatic heterocycles. The van der Waals surface area contributed by atoms with Gasteiger partial charge in [0.1, 0.15) is 4.21 Å². The predicted octanol–water partition coefficient (Wildman–Crippen LogP) is 3.40. The summed E-state index contributed by atoms with van der Waals surface area (Å²) in [6, 6.07) is 7.41. The Labute approximate surface area is 133 Å². The monoisotopic (exact) mass is 414 g/mol. The van der Waals surface area contributed by atoms with Crippen LogP contribution in [0.25, 0.3) is 0 Å². The van der Waals surface area contributed by atoms with Crippen molar-refractivity contribution >= 4 is 56.8 Å². The molecule has 0 saturated heterocycles. The molecule has 0 aliphatic carbocycles. The van der Waals surface area contributed by atoms with Crippen LogP contribution < -0.4 is 0 Å². The van der Waals surface area contributed by atoms with Crippen molar-refractivity contribution in [3.63, 3.8) is 0 Å². The minimum atomic E-state index is -3.92. The van der Waals surface area contributed by atoms with Crippen molar-refractivity contribution in [3.8, 4) is 0 Å². The Balaban J connectivity index is 2.46. The van der Waals surface area contributed by atoms with E-state index < -0.39 is 18.9 Å². The van der Waals surface area contributed by atoms with Gasteiger partial charge in [-0.25, -0.2) is 16.8 Å². The topological polar surface area (TPSA) is 68.3 Å². The lowest BCUT2D eigenvalue weighted by Gasteiger charge is -2.02. The zero-order chi connectivity index (χ0) is 15.0. The van der Waals surface area contributed by atoms with Gasteiger partial charge in [-0.15, -0.1) is 11.3 Å². The van der Waals surface area contributed by atoms with E-state index in [1.165, 1.54) is 17.5 Å². The van der Waals surface area contributed by atoms with Crippen LogP contribution in [0.5, 0.6) is 0 Å². The fraction of sp³-hybridized carbons (Fsp3) is 0.0909. The van der Waals surface area contributed by atoms with Crippen molar-refractivity contribution in [1.82, 2.24) is 0 Å². The van der Waals surface area contributed by atoms with Gasteiger partial charge < -0.3 is 0 Å². The highest BCUT2D eigenvalue weighted by molar-refractivity contribution is 9.08. The maximum absolute atomic E-state index is 12.3. The van der Waals surface area contributed by atoms with Gasteiger partial charge in [0, 0.05) is 21.4 Å². The van der Waals surface area contributed by atoms with E-state index in [0.29, 0.717) is 5.33 Å². The summed E-state index contributed by atoms with van der Waals surface area (Å²) < 4.78 is 46.8. The smallest absolute Gasteiger partial charge is 0.218 e. The fourth-order valence-corrected chi connectivity index (χ4v) is 5.50. The Morgan fingerprint density at radius 1 is 1.05 bits per heavy atom. The molecule has 0 radical (unpaired) electrons. The average molecular weight is 416 g/mol.